The Morgan fingerprint density at radius 3 is 2.48 bits per heavy atom. The summed E-state index contributed by atoms with van der Waals surface area (Å²) in [5.41, 5.74) is 4.82. The Kier molecular flexibility index (Phi) is 5.80. The number of aromatic hydroxyl groups is 1. The fourth-order valence-corrected chi connectivity index (χ4v) is 2.82. The summed E-state index contributed by atoms with van der Waals surface area (Å²) in [7, 11) is 0. The van der Waals surface area contributed by atoms with Crippen LogP contribution in [-0.4, -0.2) is 17.9 Å². The molecule has 0 saturated carbocycles. The molecule has 2 aromatic rings. The molecule has 2 rings (SSSR count). The average Bonchev–Trinajstić information content (AvgIpc) is 2.52. The Morgan fingerprint density at radius 1 is 1.09 bits per heavy atom. The molecule has 3 heteroatoms. The minimum atomic E-state index is 0.0303. The van der Waals surface area contributed by atoms with Gasteiger partial charge in [-0.15, -0.1) is 0 Å². The maximum atomic E-state index is 10.9. The maximum absolute atomic E-state index is 10.9. The molecular formula is C20H25NO2. The van der Waals surface area contributed by atoms with E-state index in [-0.39, 0.29) is 5.75 Å². The maximum Gasteiger partial charge on any atom is 0.153 e. The number of anilines is 2. The molecule has 0 fully saturated rings. The number of phenols is 1. The minimum Gasteiger partial charge on any atom is -0.507 e. The fourth-order valence-electron chi connectivity index (χ4n) is 2.82. The van der Waals surface area contributed by atoms with Gasteiger partial charge in [-0.3, -0.25) is 4.79 Å². The third-order valence-corrected chi connectivity index (χ3v) is 4.08. The first-order valence-electron chi connectivity index (χ1n) is 8.19. The molecule has 0 spiro atoms. The van der Waals surface area contributed by atoms with Crippen LogP contribution < -0.4 is 4.90 Å². The van der Waals surface area contributed by atoms with E-state index in [9.17, 15) is 9.90 Å². The summed E-state index contributed by atoms with van der Waals surface area (Å²) in [4.78, 5) is 13.1. The van der Waals surface area contributed by atoms with E-state index < -0.39 is 0 Å². The summed E-state index contributed by atoms with van der Waals surface area (Å²) in [6.45, 7) is 7.27. The lowest BCUT2D eigenvalue weighted by Gasteiger charge is -2.27. The summed E-state index contributed by atoms with van der Waals surface area (Å²) >= 11 is 0. The van der Waals surface area contributed by atoms with Gasteiger partial charge in [0.2, 0.25) is 0 Å². The first-order chi connectivity index (χ1) is 11.1. The van der Waals surface area contributed by atoms with Gasteiger partial charge in [-0.2, -0.15) is 0 Å². The lowest BCUT2D eigenvalue weighted by molar-refractivity contribution is 0.112. The van der Waals surface area contributed by atoms with Crippen LogP contribution in [0.15, 0.2) is 36.4 Å². The van der Waals surface area contributed by atoms with E-state index in [1.807, 2.05) is 6.07 Å². The minimum absolute atomic E-state index is 0.0303. The number of aldehydes is 1. The first kappa shape index (κ1) is 17.1. The predicted molar refractivity (Wildman–Crippen MR) is 95.9 cm³/mol. The molecular weight excluding hydrogens is 286 g/mol. The van der Waals surface area contributed by atoms with Crippen LogP contribution >= 0.6 is 0 Å². The number of phenolic OH excluding ortho intramolecular Hbond substituents is 1. The molecule has 0 bridgehead atoms. The second-order valence-electron chi connectivity index (χ2n) is 6.01. The van der Waals surface area contributed by atoms with Gasteiger partial charge in [0, 0.05) is 24.0 Å². The number of unbranched alkanes of at least 4 members (excludes halogenated alkanes) is 2. The van der Waals surface area contributed by atoms with Crippen molar-refractivity contribution in [2.45, 2.75) is 40.0 Å². The molecule has 0 saturated heterocycles. The monoisotopic (exact) mass is 311 g/mol. The van der Waals surface area contributed by atoms with Gasteiger partial charge in [-0.1, -0.05) is 37.5 Å². The van der Waals surface area contributed by atoms with Crippen molar-refractivity contribution in [2.75, 3.05) is 11.4 Å². The number of hydrogen-bond acceptors (Lipinski definition) is 3. The van der Waals surface area contributed by atoms with Crippen LogP contribution in [0.1, 0.15) is 47.7 Å². The summed E-state index contributed by atoms with van der Waals surface area (Å²) in [5.74, 6) is 0.0303. The van der Waals surface area contributed by atoms with Crippen LogP contribution in [0.2, 0.25) is 0 Å². The highest BCUT2D eigenvalue weighted by atomic mass is 16.3. The normalized spacial score (nSPS) is 10.6. The van der Waals surface area contributed by atoms with Crippen LogP contribution in [0.25, 0.3) is 0 Å². The van der Waals surface area contributed by atoms with Crippen molar-refractivity contribution in [3.8, 4) is 5.75 Å². The molecule has 0 aliphatic rings. The van der Waals surface area contributed by atoms with Crippen molar-refractivity contribution >= 4 is 17.7 Å². The van der Waals surface area contributed by atoms with E-state index in [0.29, 0.717) is 11.8 Å². The highest BCUT2D eigenvalue weighted by Gasteiger charge is 2.13. The zero-order chi connectivity index (χ0) is 16.8. The SMILES string of the molecule is CCCCCN(c1ccc(C=O)c(O)c1)c1ccc(C)cc1C. The lowest BCUT2D eigenvalue weighted by Crippen LogP contribution is -2.19. The number of aryl methyl sites for hydroxylation is 2. The Labute approximate surface area is 138 Å². The van der Waals surface area contributed by atoms with Gasteiger partial charge in [0.25, 0.3) is 0 Å². The molecule has 0 atom stereocenters. The van der Waals surface area contributed by atoms with E-state index in [1.165, 1.54) is 17.5 Å². The topological polar surface area (TPSA) is 40.5 Å². The highest BCUT2D eigenvalue weighted by Crippen LogP contribution is 2.32. The number of carbonyl (C=O) groups excluding carboxylic acids is 1. The molecule has 0 unspecified atom stereocenters. The van der Waals surface area contributed by atoms with Crippen molar-refractivity contribution in [1.82, 2.24) is 0 Å². The van der Waals surface area contributed by atoms with Crippen molar-refractivity contribution < 1.29 is 9.90 Å². The van der Waals surface area contributed by atoms with Gasteiger partial charge >= 0.3 is 0 Å². The first-order valence-corrected chi connectivity index (χ1v) is 8.19. The van der Waals surface area contributed by atoms with E-state index >= 15 is 0 Å². The number of benzene rings is 2. The van der Waals surface area contributed by atoms with E-state index in [0.717, 1.165) is 30.8 Å². The zero-order valence-electron chi connectivity index (χ0n) is 14.2. The Morgan fingerprint density at radius 2 is 1.87 bits per heavy atom. The summed E-state index contributed by atoms with van der Waals surface area (Å²) in [5, 5.41) is 10.0. The molecule has 122 valence electrons. The van der Waals surface area contributed by atoms with Crippen molar-refractivity contribution in [1.29, 1.82) is 0 Å². The zero-order valence-corrected chi connectivity index (χ0v) is 14.2. The Balaban J connectivity index is 2.40. The number of carbonyl (C=O) groups is 1. The van der Waals surface area contributed by atoms with Crippen LogP contribution in [-0.2, 0) is 0 Å². The van der Waals surface area contributed by atoms with Gasteiger partial charge in [-0.05, 0) is 44.0 Å². The average molecular weight is 311 g/mol. The molecule has 23 heavy (non-hydrogen) atoms. The Hall–Kier alpha value is -2.29. The van der Waals surface area contributed by atoms with Crippen molar-refractivity contribution in [2.24, 2.45) is 0 Å². The standard InChI is InChI=1S/C20H25NO2/c1-4-5-6-11-21(19-10-7-15(2)12-16(19)3)18-9-8-17(14-22)20(23)13-18/h7-10,12-14,23H,4-6,11H2,1-3H3. The van der Waals surface area contributed by atoms with Crippen LogP contribution in [0.5, 0.6) is 5.75 Å². The third kappa shape index (κ3) is 4.13. The van der Waals surface area contributed by atoms with Crippen LogP contribution in [0.4, 0.5) is 11.4 Å². The molecule has 0 aliphatic heterocycles. The van der Waals surface area contributed by atoms with Gasteiger partial charge in [0.05, 0.1) is 5.56 Å². The second-order valence-corrected chi connectivity index (χ2v) is 6.01. The quantitative estimate of drug-likeness (QED) is 0.568. The molecule has 0 aromatic heterocycles. The highest BCUT2D eigenvalue weighted by molar-refractivity contribution is 5.81. The fraction of sp³-hybridized carbons (Fsp3) is 0.350. The predicted octanol–water partition coefficient (Wildman–Crippen LogP) is 5.15. The van der Waals surface area contributed by atoms with Gasteiger partial charge in [-0.25, -0.2) is 0 Å². The van der Waals surface area contributed by atoms with E-state index in [1.54, 1.807) is 12.1 Å². The van der Waals surface area contributed by atoms with Gasteiger partial charge < -0.3 is 10.0 Å². The number of hydrogen-bond donors (Lipinski definition) is 1. The molecule has 0 aliphatic carbocycles. The van der Waals surface area contributed by atoms with Gasteiger partial charge in [0.1, 0.15) is 5.75 Å². The molecule has 1 N–H and O–H groups in total. The van der Waals surface area contributed by atoms with Gasteiger partial charge in [0.15, 0.2) is 6.29 Å². The largest absolute Gasteiger partial charge is 0.507 e. The lowest BCUT2D eigenvalue weighted by atomic mass is 10.1. The van der Waals surface area contributed by atoms with Crippen molar-refractivity contribution in [3.05, 3.63) is 53.1 Å². The molecule has 0 radical (unpaired) electrons. The van der Waals surface area contributed by atoms with Crippen molar-refractivity contribution in [3.63, 3.8) is 0 Å². The van der Waals surface area contributed by atoms with E-state index in [2.05, 4.69) is 43.9 Å². The Bertz CT molecular complexity index is 679. The van der Waals surface area contributed by atoms with Crippen LogP contribution in [0, 0.1) is 13.8 Å². The van der Waals surface area contributed by atoms with Crippen LogP contribution in [0.3, 0.4) is 0 Å². The van der Waals surface area contributed by atoms with E-state index in [4.69, 9.17) is 0 Å². The third-order valence-electron chi connectivity index (χ3n) is 4.08. The second kappa shape index (κ2) is 7.82. The molecule has 3 nitrogen and oxygen atoms in total. The molecule has 0 heterocycles. The summed E-state index contributed by atoms with van der Waals surface area (Å²) in [6.07, 6.45) is 4.09. The molecule has 2 aromatic carbocycles. The molecule has 0 amide bonds. The number of nitrogens with zero attached hydrogens (tertiary/aromatic N) is 1. The summed E-state index contributed by atoms with van der Waals surface area (Å²) in [6, 6.07) is 11.6. The smallest absolute Gasteiger partial charge is 0.153 e. The number of rotatable bonds is 7. The summed E-state index contributed by atoms with van der Waals surface area (Å²) < 4.78 is 0.